The van der Waals surface area contributed by atoms with Crippen molar-refractivity contribution in [3.05, 3.63) is 107 Å². The molecule has 0 spiro atoms. The van der Waals surface area contributed by atoms with Crippen molar-refractivity contribution in [1.82, 2.24) is 5.32 Å². The molecule has 0 aliphatic carbocycles. The molecular weight excluding hydrogens is 450 g/mol. The molecule has 0 aromatic heterocycles. The number of hydrogen-bond acceptors (Lipinski definition) is 5. The lowest BCUT2D eigenvalue weighted by atomic mass is 9.82. The zero-order valence-corrected chi connectivity index (χ0v) is 20.5. The number of fused-ring (bicyclic) bond motifs is 3. The zero-order chi connectivity index (χ0) is 24.5. The fraction of sp³-hybridized carbons (Fsp3) is 0.226. The summed E-state index contributed by atoms with van der Waals surface area (Å²) in [4.78, 5) is 0. The Bertz CT molecular complexity index is 1360. The summed E-state index contributed by atoms with van der Waals surface area (Å²) < 4.78 is 24.0. The summed E-state index contributed by atoms with van der Waals surface area (Å²) in [7, 11) is 3.35. The Kier molecular flexibility index (Phi) is 5.88. The van der Waals surface area contributed by atoms with Crippen LogP contribution in [0.4, 0.5) is 0 Å². The summed E-state index contributed by atoms with van der Waals surface area (Å²) in [5.41, 5.74) is 3.44. The van der Waals surface area contributed by atoms with Gasteiger partial charge in [-0.05, 0) is 58.8 Å². The molecule has 2 aliphatic rings. The minimum Gasteiger partial charge on any atom is -0.497 e. The van der Waals surface area contributed by atoms with Gasteiger partial charge in [0.2, 0.25) is 0 Å². The average Bonchev–Trinajstić information content (AvgIpc) is 2.97. The summed E-state index contributed by atoms with van der Waals surface area (Å²) in [6.07, 6.45) is 4.32. The first-order valence-electron chi connectivity index (χ1n) is 12.3. The smallest absolute Gasteiger partial charge is 0.178 e. The fourth-order valence-electron chi connectivity index (χ4n) is 5.25. The number of methoxy groups -OCH3 is 2. The monoisotopic (exact) mass is 479 g/mol. The second-order valence-electron chi connectivity index (χ2n) is 9.11. The Morgan fingerprint density at radius 1 is 0.833 bits per heavy atom. The van der Waals surface area contributed by atoms with Crippen LogP contribution in [-0.2, 0) is 10.3 Å². The van der Waals surface area contributed by atoms with Crippen molar-refractivity contribution in [1.29, 1.82) is 0 Å². The molecule has 0 saturated carbocycles. The van der Waals surface area contributed by atoms with Gasteiger partial charge in [-0.1, -0.05) is 48.5 Å². The summed E-state index contributed by atoms with van der Waals surface area (Å²) >= 11 is 0. The summed E-state index contributed by atoms with van der Waals surface area (Å²) in [6.45, 7) is 2.34. The van der Waals surface area contributed by atoms with Crippen LogP contribution in [0.5, 0.6) is 17.2 Å². The van der Waals surface area contributed by atoms with Crippen LogP contribution >= 0.6 is 0 Å². The van der Waals surface area contributed by atoms with E-state index in [0.717, 1.165) is 58.0 Å². The van der Waals surface area contributed by atoms with Crippen molar-refractivity contribution in [2.75, 3.05) is 33.9 Å². The van der Waals surface area contributed by atoms with Gasteiger partial charge in [0.15, 0.2) is 5.60 Å². The van der Waals surface area contributed by atoms with Gasteiger partial charge in [-0.15, -0.1) is 0 Å². The lowest BCUT2D eigenvalue weighted by molar-refractivity contribution is 0.0283. The van der Waals surface area contributed by atoms with Crippen LogP contribution in [0.2, 0.25) is 0 Å². The molecule has 0 amide bonds. The van der Waals surface area contributed by atoms with E-state index in [2.05, 4.69) is 72.1 Å². The van der Waals surface area contributed by atoms with Crippen LogP contribution in [-0.4, -0.2) is 33.9 Å². The lowest BCUT2D eigenvalue weighted by Crippen LogP contribution is -2.35. The molecule has 5 heteroatoms. The molecule has 1 saturated heterocycles. The Labute approximate surface area is 211 Å². The van der Waals surface area contributed by atoms with Crippen molar-refractivity contribution in [2.45, 2.75) is 11.7 Å². The Balaban J connectivity index is 1.53. The second kappa shape index (κ2) is 9.34. The van der Waals surface area contributed by atoms with Gasteiger partial charge in [-0.25, -0.2) is 0 Å². The van der Waals surface area contributed by atoms with Crippen LogP contribution < -0.4 is 19.5 Å². The zero-order valence-electron chi connectivity index (χ0n) is 20.5. The van der Waals surface area contributed by atoms with Gasteiger partial charge in [0.25, 0.3) is 0 Å². The van der Waals surface area contributed by atoms with Crippen molar-refractivity contribution in [3.8, 4) is 17.2 Å². The van der Waals surface area contributed by atoms with Gasteiger partial charge in [-0.3, -0.25) is 0 Å². The van der Waals surface area contributed by atoms with Crippen LogP contribution in [0.25, 0.3) is 16.8 Å². The van der Waals surface area contributed by atoms with Gasteiger partial charge >= 0.3 is 0 Å². The van der Waals surface area contributed by atoms with E-state index in [9.17, 15) is 0 Å². The summed E-state index contributed by atoms with van der Waals surface area (Å²) in [5, 5.41) is 5.82. The highest BCUT2D eigenvalue weighted by Crippen LogP contribution is 2.46. The predicted octanol–water partition coefficient (Wildman–Crippen LogP) is 5.87. The van der Waals surface area contributed by atoms with E-state index in [1.807, 2.05) is 24.3 Å². The summed E-state index contributed by atoms with van der Waals surface area (Å²) in [5.74, 6) is 2.45. The van der Waals surface area contributed by atoms with Crippen LogP contribution in [0, 0.1) is 0 Å². The van der Waals surface area contributed by atoms with Crippen LogP contribution in [0.1, 0.15) is 28.4 Å². The van der Waals surface area contributed by atoms with Crippen LogP contribution in [0.15, 0.2) is 84.9 Å². The molecule has 0 bridgehead atoms. The molecule has 1 N–H and O–H groups in total. The SMILES string of the molecule is COc1ccc(C2(c3ccc(OC)cc3)C=Cc3c(cc(C4CNCCO4)c4ccccc34)O2)cc1. The third-order valence-electron chi connectivity index (χ3n) is 7.15. The Morgan fingerprint density at radius 3 is 2.06 bits per heavy atom. The first-order valence-corrected chi connectivity index (χ1v) is 12.3. The highest BCUT2D eigenvalue weighted by Gasteiger charge is 2.38. The number of morpholine rings is 1. The van der Waals surface area contributed by atoms with E-state index in [4.69, 9.17) is 18.9 Å². The van der Waals surface area contributed by atoms with Crippen molar-refractivity contribution in [2.24, 2.45) is 0 Å². The molecule has 6 rings (SSSR count). The number of ether oxygens (including phenoxy) is 4. The number of nitrogens with one attached hydrogen (secondary N) is 1. The number of hydrogen-bond donors (Lipinski definition) is 1. The largest absolute Gasteiger partial charge is 0.497 e. The third-order valence-corrected chi connectivity index (χ3v) is 7.15. The van der Waals surface area contributed by atoms with E-state index < -0.39 is 5.60 Å². The van der Waals surface area contributed by atoms with E-state index in [1.165, 1.54) is 5.39 Å². The van der Waals surface area contributed by atoms with Gasteiger partial charge in [0.1, 0.15) is 17.2 Å². The maximum Gasteiger partial charge on any atom is 0.178 e. The Morgan fingerprint density at radius 2 is 1.47 bits per heavy atom. The molecule has 0 radical (unpaired) electrons. The lowest BCUT2D eigenvalue weighted by Gasteiger charge is -2.37. The maximum atomic E-state index is 7.03. The van der Waals surface area contributed by atoms with Crippen LogP contribution in [0.3, 0.4) is 0 Å². The molecule has 5 nitrogen and oxygen atoms in total. The molecule has 2 aliphatic heterocycles. The molecule has 4 aromatic carbocycles. The van der Waals surface area contributed by atoms with Crippen molar-refractivity contribution in [3.63, 3.8) is 0 Å². The molecule has 1 fully saturated rings. The van der Waals surface area contributed by atoms with Crippen molar-refractivity contribution < 1.29 is 18.9 Å². The minimum absolute atomic E-state index is 0.0279. The quantitative estimate of drug-likeness (QED) is 0.388. The third kappa shape index (κ3) is 3.81. The minimum atomic E-state index is -0.809. The highest BCUT2D eigenvalue weighted by molar-refractivity contribution is 5.96. The fourth-order valence-corrected chi connectivity index (χ4v) is 5.25. The summed E-state index contributed by atoms with van der Waals surface area (Å²) in [6, 6.07) is 26.8. The molecular formula is C31H29NO4. The van der Waals surface area contributed by atoms with E-state index in [1.54, 1.807) is 14.2 Å². The molecule has 4 aromatic rings. The first kappa shape index (κ1) is 22.7. The average molecular weight is 480 g/mol. The van der Waals surface area contributed by atoms with Gasteiger partial charge in [-0.2, -0.15) is 0 Å². The molecule has 1 atom stereocenters. The highest BCUT2D eigenvalue weighted by atomic mass is 16.5. The maximum absolute atomic E-state index is 7.03. The topological polar surface area (TPSA) is 49.0 Å². The molecule has 2 heterocycles. The predicted molar refractivity (Wildman–Crippen MR) is 142 cm³/mol. The van der Waals surface area contributed by atoms with Gasteiger partial charge in [0.05, 0.1) is 26.9 Å². The standard InChI is InChI=1S/C31H29NO4/c1-33-23-11-7-21(8-12-23)31(22-9-13-24(34-2)14-10-22)16-15-27-25-5-3-4-6-26(25)28(19-29(27)36-31)30-20-32-17-18-35-30/h3-16,19,30,32H,17-18,20H2,1-2H3. The van der Waals surface area contributed by atoms with E-state index in [0.29, 0.717) is 6.61 Å². The van der Waals surface area contributed by atoms with Gasteiger partial charge in [0, 0.05) is 29.8 Å². The number of benzene rings is 4. The Hall–Kier alpha value is -3.80. The van der Waals surface area contributed by atoms with Gasteiger partial charge < -0.3 is 24.3 Å². The first-order chi connectivity index (χ1) is 17.7. The number of rotatable bonds is 5. The molecule has 1 unspecified atom stereocenters. The van der Waals surface area contributed by atoms with Crippen molar-refractivity contribution >= 4 is 16.8 Å². The normalized spacial score (nSPS) is 18.3. The molecule has 182 valence electrons. The van der Waals surface area contributed by atoms with E-state index >= 15 is 0 Å². The van der Waals surface area contributed by atoms with E-state index in [-0.39, 0.29) is 6.10 Å². The molecule has 36 heavy (non-hydrogen) atoms. The second-order valence-corrected chi connectivity index (χ2v) is 9.11.